The van der Waals surface area contributed by atoms with E-state index in [2.05, 4.69) is 0 Å². The Labute approximate surface area is 128 Å². The Hall–Kier alpha value is -3.02. The molecule has 0 atom stereocenters. The van der Waals surface area contributed by atoms with Crippen LogP contribution in [0.15, 0.2) is 48.5 Å². The molecule has 0 radical (unpaired) electrons. The van der Waals surface area contributed by atoms with Crippen molar-refractivity contribution in [3.63, 3.8) is 0 Å². The fraction of sp³-hybridized carbons (Fsp3) is 0.125. The Morgan fingerprint density at radius 2 is 1.00 bits per heavy atom. The van der Waals surface area contributed by atoms with Crippen molar-refractivity contribution in [1.82, 2.24) is 0 Å². The van der Waals surface area contributed by atoms with Gasteiger partial charge in [-0.15, -0.1) is 0 Å². The van der Waals surface area contributed by atoms with Crippen LogP contribution in [0.1, 0.15) is 11.1 Å². The van der Waals surface area contributed by atoms with Gasteiger partial charge in [-0.1, -0.05) is 0 Å². The molecule has 0 bridgehead atoms. The molecule has 2 aromatic rings. The number of hydrogen-bond donors (Lipinski definition) is 4. The van der Waals surface area contributed by atoms with Crippen molar-refractivity contribution in [2.24, 2.45) is 11.5 Å². The van der Waals surface area contributed by atoms with Crippen molar-refractivity contribution >= 4 is 11.7 Å². The van der Waals surface area contributed by atoms with Gasteiger partial charge in [-0.2, -0.15) is 0 Å². The summed E-state index contributed by atoms with van der Waals surface area (Å²) in [6, 6.07) is 14.5. The Morgan fingerprint density at radius 1 is 0.682 bits per heavy atom. The molecule has 0 aliphatic heterocycles. The number of hydrogen-bond acceptors (Lipinski definition) is 2. The molecule has 0 unspecified atom stereocenters. The van der Waals surface area contributed by atoms with Crippen LogP contribution in [-0.2, 0) is 0 Å². The zero-order valence-electron chi connectivity index (χ0n) is 12.2. The monoisotopic (exact) mass is 300 g/mol. The molecular formula is C16H20N4O2+2. The highest BCUT2D eigenvalue weighted by molar-refractivity contribution is 5.93. The molecule has 2 aromatic carbocycles. The van der Waals surface area contributed by atoms with E-state index >= 15 is 0 Å². The highest BCUT2D eigenvalue weighted by Gasteiger charge is 2.03. The molecule has 0 heterocycles. The van der Waals surface area contributed by atoms with Gasteiger partial charge in [0.05, 0.1) is 11.1 Å². The Balaban J connectivity index is 1.77. The SMILES string of the molecule is NC(=[NH2+])c1ccc(OCCOc2ccc(C(N)=[NH2+])cc2)cc1. The first-order valence-corrected chi connectivity index (χ1v) is 6.78. The van der Waals surface area contributed by atoms with Crippen LogP contribution in [0, 0.1) is 0 Å². The molecule has 0 saturated carbocycles. The minimum absolute atomic E-state index is 0.286. The number of nitrogens with two attached hydrogens (primary N) is 4. The van der Waals surface area contributed by atoms with E-state index < -0.39 is 0 Å². The second-order valence-electron chi connectivity index (χ2n) is 4.66. The maximum absolute atomic E-state index is 5.56. The molecule has 0 amide bonds. The van der Waals surface area contributed by atoms with Gasteiger partial charge in [-0.05, 0) is 48.5 Å². The predicted molar refractivity (Wildman–Crippen MR) is 84.3 cm³/mol. The Morgan fingerprint density at radius 3 is 1.27 bits per heavy atom. The average Bonchev–Trinajstić information content (AvgIpc) is 2.52. The smallest absolute Gasteiger partial charge is 0.270 e. The van der Waals surface area contributed by atoms with Crippen molar-refractivity contribution < 1.29 is 20.3 Å². The van der Waals surface area contributed by atoms with Crippen LogP contribution in [0.4, 0.5) is 0 Å². The van der Waals surface area contributed by atoms with Gasteiger partial charge in [-0.3, -0.25) is 22.3 Å². The predicted octanol–water partition coefficient (Wildman–Crippen LogP) is -1.93. The molecule has 6 heteroatoms. The minimum atomic E-state index is 0.286. The zero-order chi connectivity index (χ0) is 15.9. The molecule has 8 N–H and O–H groups in total. The van der Waals surface area contributed by atoms with E-state index in [0.717, 1.165) is 22.6 Å². The van der Waals surface area contributed by atoms with E-state index in [1.165, 1.54) is 0 Å². The fourth-order valence-corrected chi connectivity index (χ4v) is 1.81. The van der Waals surface area contributed by atoms with Gasteiger partial charge in [0.2, 0.25) is 0 Å². The third-order valence-electron chi connectivity index (χ3n) is 3.00. The standard InChI is InChI=1S/C16H18N4O2/c17-15(18)11-1-5-13(6-2-11)21-9-10-22-14-7-3-12(4-8-14)16(19)20/h1-8H,9-10H2,(H3,17,18)(H3,19,20)/p+2. The quantitative estimate of drug-likeness (QED) is 0.270. The molecule has 0 fully saturated rings. The molecule has 0 aliphatic rings. The minimum Gasteiger partial charge on any atom is -0.490 e. The third-order valence-corrected chi connectivity index (χ3v) is 3.00. The lowest BCUT2D eigenvalue weighted by atomic mass is 10.2. The van der Waals surface area contributed by atoms with Gasteiger partial charge in [0.1, 0.15) is 24.7 Å². The summed E-state index contributed by atoms with van der Waals surface area (Å²) in [7, 11) is 0. The van der Waals surface area contributed by atoms with E-state index in [9.17, 15) is 0 Å². The summed E-state index contributed by atoms with van der Waals surface area (Å²) in [5.74, 6) is 2.03. The molecule has 0 aliphatic carbocycles. The van der Waals surface area contributed by atoms with Crippen LogP contribution < -0.4 is 31.8 Å². The van der Waals surface area contributed by atoms with Gasteiger partial charge in [0.15, 0.2) is 0 Å². The van der Waals surface area contributed by atoms with Crippen LogP contribution >= 0.6 is 0 Å². The first-order chi connectivity index (χ1) is 10.6. The molecule has 114 valence electrons. The van der Waals surface area contributed by atoms with E-state index in [0.29, 0.717) is 13.2 Å². The summed E-state index contributed by atoms with van der Waals surface area (Å²) in [6.45, 7) is 0.849. The van der Waals surface area contributed by atoms with E-state index in [4.69, 9.17) is 31.8 Å². The van der Waals surface area contributed by atoms with Crippen LogP contribution in [0.2, 0.25) is 0 Å². The normalized spacial score (nSPS) is 10.0. The number of ether oxygens (including phenoxy) is 2. The largest absolute Gasteiger partial charge is 0.490 e. The number of amidine groups is 2. The van der Waals surface area contributed by atoms with Gasteiger partial charge in [0, 0.05) is 0 Å². The number of benzene rings is 2. The molecule has 2 rings (SSSR count). The Kier molecular flexibility index (Phi) is 4.98. The molecule has 0 spiro atoms. The van der Waals surface area contributed by atoms with Crippen molar-refractivity contribution in [1.29, 1.82) is 0 Å². The zero-order valence-corrected chi connectivity index (χ0v) is 12.2. The van der Waals surface area contributed by atoms with Gasteiger partial charge in [0.25, 0.3) is 11.7 Å². The maximum Gasteiger partial charge on any atom is 0.270 e. The fourth-order valence-electron chi connectivity index (χ4n) is 1.81. The Bertz CT molecular complexity index is 591. The lowest BCUT2D eigenvalue weighted by Crippen LogP contribution is -2.46. The van der Waals surface area contributed by atoms with Crippen molar-refractivity contribution in [2.45, 2.75) is 0 Å². The van der Waals surface area contributed by atoms with Crippen molar-refractivity contribution in [2.75, 3.05) is 13.2 Å². The molecule has 0 aromatic heterocycles. The van der Waals surface area contributed by atoms with Crippen molar-refractivity contribution in [3.8, 4) is 11.5 Å². The molecule has 22 heavy (non-hydrogen) atoms. The summed E-state index contributed by atoms with van der Waals surface area (Å²) >= 11 is 0. The van der Waals surface area contributed by atoms with Crippen LogP contribution in [0.3, 0.4) is 0 Å². The second-order valence-corrected chi connectivity index (χ2v) is 4.66. The summed E-state index contributed by atoms with van der Waals surface area (Å²) in [6.07, 6.45) is 0. The highest BCUT2D eigenvalue weighted by atomic mass is 16.5. The lowest BCUT2D eigenvalue weighted by molar-refractivity contribution is -0.115. The highest BCUT2D eigenvalue weighted by Crippen LogP contribution is 2.13. The number of rotatable bonds is 7. The van der Waals surface area contributed by atoms with Gasteiger partial charge < -0.3 is 9.47 Å². The van der Waals surface area contributed by atoms with Crippen LogP contribution in [-0.4, -0.2) is 24.9 Å². The molecule has 6 nitrogen and oxygen atoms in total. The van der Waals surface area contributed by atoms with E-state index in [1.54, 1.807) is 24.3 Å². The first kappa shape index (κ1) is 15.4. The summed E-state index contributed by atoms with van der Waals surface area (Å²) in [5, 5.41) is 11.0. The second kappa shape index (κ2) is 7.12. The lowest BCUT2D eigenvalue weighted by Gasteiger charge is -2.08. The van der Waals surface area contributed by atoms with E-state index in [1.807, 2.05) is 24.3 Å². The first-order valence-electron chi connectivity index (χ1n) is 6.78. The van der Waals surface area contributed by atoms with Crippen LogP contribution in [0.5, 0.6) is 11.5 Å². The van der Waals surface area contributed by atoms with Gasteiger partial charge >= 0.3 is 0 Å². The summed E-state index contributed by atoms with van der Waals surface area (Å²) in [4.78, 5) is 0. The maximum atomic E-state index is 5.56. The average molecular weight is 300 g/mol. The van der Waals surface area contributed by atoms with Gasteiger partial charge in [-0.25, -0.2) is 0 Å². The molecular weight excluding hydrogens is 280 g/mol. The topological polar surface area (TPSA) is 122 Å². The van der Waals surface area contributed by atoms with E-state index in [-0.39, 0.29) is 11.7 Å². The summed E-state index contributed by atoms with van der Waals surface area (Å²) < 4.78 is 11.1. The van der Waals surface area contributed by atoms with Crippen LogP contribution in [0.25, 0.3) is 0 Å². The summed E-state index contributed by atoms with van der Waals surface area (Å²) in [5.41, 5.74) is 12.5. The van der Waals surface area contributed by atoms with Crippen molar-refractivity contribution in [3.05, 3.63) is 59.7 Å². The molecule has 0 saturated heterocycles. The third kappa shape index (κ3) is 4.24.